The number of hydrogen-bond acceptors (Lipinski definition) is 3. The van der Waals surface area contributed by atoms with Crippen molar-refractivity contribution in [1.29, 1.82) is 0 Å². The Bertz CT molecular complexity index is 419. The number of hydrogen-bond donors (Lipinski definition) is 3. The molecule has 3 atom stereocenters. The summed E-state index contributed by atoms with van der Waals surface area (Å²) in [7, 11) is 1.83. The molecule has 134 valence electrons. The van der Waals surface area contributed by atoms with Gasteiger partial charge in [-0.3, -0.25) is 4.79 Å². The van der Waals surface area contributed by atoms with E-state index in [1.54, 1.807) is 4.90 Å². The van der Waals surface area contributed by atoms with E-state index in [0.29, 0.717) is 5.11 Å². The second-order valence-corrected chi connectivity index (χ2v) is 8.42. The standard InChI is InChI=1S/C17H34N4OS/c1-11(2)21(6)15(22)14(17(3,4)5)20-16(23)19-13-10-8-7-9-12(13)18/h11-14H,7-10,18H2,1-6H3,(H2,19,20,23). The molecule has 5 nitrogen and oxygen atoms in total. The summed E-state index contributed by atoms with van der Waals surface area (Å²) < 4.78 is 0. The molecule has 23 heavy (non-hydrogen) atoms. The Morgan fingerprint density at radius 3 is 2.30 bits per heavy atom. The van der Waals surface area contributed by atoms with Crippen molar-refractivity contribution in [3.05, 3.63) is 0 Å². The third kappa shape index (κ3) is 5.92. The largest absolute Gasteiger partial charge is 0.358 e. The second kappa shape index (κ2) is 8.29. The van der Waals surface area contributed by atoms with Crippen molar-refractivity contribution in [1.82, 2.24) is 15.5 Å². The number of nitrogens with zero attached hydrogens (tertiary/aromatic N) is 1. The number of carbonyl (C=O) groups is 1. The van der Waals surface area contributed by atoms with Gasteiger partial charge in [-0.05, 0) is 44.3 Å². The molecule has 6 heteroatoms. The number of likely N-dealkylation sites (N-methyl/N-ethyl adjacent to an activating group) is 1. The Morgan fingerprint density at radius 2 is 1.83 bits per heavy atom. The van der Waals surface area contributed by atoms with E-state index in [4.69, 9.17) is 18.0 Å². The van der Waals surface area contributed by atoms with Crippen molar-refractivity contribution in [3.63, 3.8) is 0 Å². The van der Waals surface area contributed by atoms with Crippen LogP contribution < -0.4 is 16.4 Å². The zero-order valence-electron chi connectivity index (χ0n) is 15.5. The van der Waals surface area contributed by atoms with Gasteiger partial charge >= 0.3 is 0 Å². The molecule has 4 N–H and O–H groups in total. The van der Waals surface area contributed by atoms with Gasteiger partial charge in [-0.25, -0.2) is 0 Å². The topological polar surface area (TPSA) is 70.4 Å². The summed E-state index contributed by atoms with van der Waals surface area (Å²) in [5.41, 5.74) is 5.93. The summed E-state index contributed by atoms with van der Waals surface area (Å²) in [4.78, 5) is 14.5. The highest BCUT2D eigenvalue weighted by Crippen LogP contribution is 2.22. The molecule has 0 aromatic carbocycles. The van der Waals surface area contributed by atoms with E-state index in [9.17, 15) is 4.79 Å². The number of nitrogens with one attached hydrogen (secondary N) is 2. The van der Waals surface area contributed by atoms with E-state index >= 15 is 0 Å². The predicted octanol–water partition coefficient (Wildman–Crippen LogP) is 2.00. The Balaban J connectivity index is 2.73. The van der Waals surface area contributed by atoms with Crippen molar-refractivity contribution >= 4 is 23.2 Å². The monoisotopic (exact) mass is 342 g/mol. The third-order valence-electron chi connectivity index (χ3n) is 4.65. The van der Waals surface area contributed by atoms with Gasteiger partial charge in [-0.15, -0.1) is 0 Å². The summed E-state index contributed by atoms with van der Waals surface area (Å²) in [6.07, 6.45) is 4.41. The Kier molecular flexibility index (Phi) is 7.27. The van der Waals surface area contributed by atoms with Crippen molar-refractivity contribution in [2.24, 2.45) is 11.1 Å². The van der Waals surface area contributed by atoms with Crippen LogP contribution in [0.2, 0.25) is 0 Å². The molecule has 0 saturated heterocycles. The summed E-state index contributed by atoms with van der Waals surface area (Å²) in [5.74, 6) is 0.0598. The zero-order valence-corrected chi connectivity index (χ0v) is 16.3. The molecule has 1 aliphatic rings. The number of amides is 1. The minimum absolute atomic E-state index is 0.0598. The van der Waals surface area contributed by atoms with Crippen LogP contribution in [0, 0.1) is 5.41 Å². The first-order chi connectivity index (χ1) is 10.5. The van der Waals surface area contributed by atoms with Crippen molar-refractivity contribution in [2.75, 3.05) is 7.05 Å². The van der Waals surface area contributed by atoms with E-state index in [0.717, 1.165) is 12.8 Å². The lowest BCUT2D eigenvalue weighted by molar-refractivity contribution is -0.135. The molecule has 0 aliphatic heterocycles. The third-order valence-corrected chi connectivity index (χ3v) is 4.88. The van der Waals surface area contributed by atoms with Gasteiger partial charge in [-0.1, -0.05) is 33.6 Å². The van der Waals surface area contributed by atoms with E-state index < -0.39 is 0 Å². The van der Waals surface area contributed by atoms with Crippen LogP contribution >= 0.6 is 12.2 Å². The highest BCUT2D eigenvalue weighted by atomic mass is 32.1. The van der Waals surface area contributed by atoms with Gasteiger partial charge in [0.2, 0.25) is 5.91 Å². The maximum atomic E-state index is 12.8. The highest BCUT2D eigenvalue weighted by Gasteiger charge is 2.35. The van der Waals surface area contributed by atoms with Crippen LogP contribution in [0.1, 0.15) is 60.3 Å². The Labute approximate surface area is 146 Å². The SMILES string of the molecule is CC(C)N(C)C(=O)C(NC(=S)NC1CCCCC1N)C(C)(C)C. The number of thiocarbonyl (C=S) groups is 1. The molecule has 1 saturated carbocycles. The molecule has 0 aromatic rings. The van der Waals surface area contributed by atoms with E-state index in [-0.39, 0.29) is 35.5 Å². The maximum absolute atomic E-state index is 12.8. The minimum Gasteiger partial charge on any atom is -0.358 e. The average molecular weight is 343 g/mol. The Hall–Kier alpha value is -0.880. The van der Waals surface area contributed by atoms with E-state index in [1.807, 2.05) is 41.7 Å². The predicted molar refractivity (Wildman–Crippen MR) is 100 cm³/mol. The van der Waals surface area contributed by atoms with Crippen LogP contribution in [0.5, 0.6) is 0 Å². The lowest BCUT2D eigenvalue weighted by Crippen LogP contribution is -2.59. The fourth-order valence-corrected chi connectivity index (χ4v) is 3.06. The quantitative estimate of drug-likeness (QED) is 0.682. The van der Waals surface area contributed by atoms with Crippen LogP contribution in [-0.2, 0) is 4.79 Å². The molecule has 1 aliphatic carbocycles. The number of carbonyl (C=O) groups excluding carboxylic acids is 1. The minimum atomic E-state index is -0.366. The normalized spacial score (nSPS) is 23.3. The molecule has 1 fully saturated rings. The van der Waals surface area contributed by atoms with Gasteiger partial charge in [0.05, 0.1) is 0 Å². The van der Waals surface area contributed by atoms with Gasteiger partial charge in [-0.2, -0.15) is 0 Å². The van der Waals surface area contributed by atoms with Gasteiger partial charge in [0.1, 0.15) is 6.04 Å². The molecule has 0 radical (unpaired) electrons. The molecule has 1 amide bonds. The summed E-state index contributed by atoms with van der Waals surface area (Å²) >= 11 is 5.46. The van der Waals surface area contributed by atoms with Crippen LogP contribution in [0.15, 0.2) is 0 Å². The lowest BCUT2D eigenvalue weighted by Gasteiger charge is -2.37. The summed E-state index contributed by atoms with van der Waals surface area (Å²) in [6, 6.07) is 0.116. The van der Waals surface area contributed by atoms with Gasteiger partial charge in [0, 0.05) is 25.2 Å². The maximum Gasteiger partial charge on any atom is 0.245 e. The zero-order chi connectivity index (χ0) is 17.8. The Morgan fingerprint density at radius 1 is 1.26 bits per heavy atom. The number of rotatable bonds is 4. The highest BCUT2D eigenvalue weighted by molar-refractivity contribution is 7.80. The first-order valence-corrected chi connectivity index (χ1v) is 9.04. The molecule has 0 spiro atoms. The van der Waals surface area contributed by atoms with Gasteiger partial charge in [0.25, 0.3) is 0 Å². The van der Waals surface area contributed by atoms with Crippen molar-refractivity contribution in [2.45, 2.75) is 84.5 Å². The van der Waals surface area contributed by atoms with Crippen molar-refractivity contribution < 1.29 is 4.79 Å². The van der Waals surface area contributed by atoms with Crippen LogP contribution in [0.3, 0.4) is 0 Å². The smallest absolute Gasteiger partial charge is 0.245 e. The molecule has 0 heterocycles. The number of nitrogens with two attached hydrogens (primary N) is 1. The first-order valence-electron chi connectivity index (χ1n) is 8.63. The molecule has 0 aromatic heterocycles. The van der Waals surface area contributed by atoms with E-state index in [2.05, 4.69) is 10.6 Å². The van der Waals surface area contributed by atoms with Crippen molar-refractivity contribution in [3.8, 4) is 0 Å². The van der Waals surface area contributed by atoms with Crippen LogP contribution in [0.4, 0.5) is 0 Å². The lowest BCUT2D eigenvalue weighted by atomic mass is 9.85. The van der Waals surface area contributed by atoms with Crippen LogP contribution in [0.25, 0.3) is 0 Å². The fraction of sp³-hybridized carbons (Fsp3) is 0.882. The molecular weight excluding hydrogens is 308 g/mol. The van der Waals surface area contributed by atoms with Gasteiger partial charge in [0.15, 0.2) is 5.11 Å². The molecule has 1 rings (SSSR count). The van der Waals surface area contributed by atoms with Gasteiger partial charge < -0.3 is 21.3 Å². The molecular formula is C17H34N4OS. The molecule has 3 unspecified atom stereocenters. The summed E-state index contributed by atoms with van der Waals surface area (Å²) in [6.45, 7) is 10.2. The fourth-order valence-electron chi connectivity index (χ4n) is 2.79. The second-order valence-electron chi connectivity index (χ2n) is 8.01. The van der Waals surface area contributed by atoms with Crippen LogP contribution in [-0.4, -0.2) is 47.1 Å². The molecule has 0 bridgehead atoms. The summed E-state index contributed by atoms with van der Waals surface area (Å²) in [5, 5.41) is 7.08. The first kappa shape index (κ1) is 20.2. The average Bonchev–Trinajstić information content (AvgIpc) is 2.44. The van der Waals surface area contributed by atoms with E-state index in [1.165, 1.54) is 12.8 Å².